The highest BCUT2D eigenvalue weighted by Crippen LogP contribution is 2.29. The number of nitrogens with two attached hydrogens (primary N) is 1. The molecular weight excluding hydrogens is 230 g/mol. The molecule has 4 heteroatoms. The average Bonchev–Trinajstić information content (AvgIpc) is 2.81. The van der Waals surface area contributed by atoms with Gasteiger partial charge in [0.15, 0.2) is 0 Å². The number of nitrogens with zero attached hydrogens (tertiary/aromatic N) is 2. The normalized spacial score (nSPS) is 10.9. The van der Waals surface area contributed by atoms with Crippen LogP contribution < -0.4 is 5.73 Å². The Morgan fingerprint density at radius 1 is 0.941 bits per heavy atom. The van der Waals surface area contributed by atoms with Crippen LogP contribution in [0.2, 0.25) is 0 Å². The molecule has 84 valence electrons. The number of hydrogen-bond acceptors (Lipinski definition) is 4. The van der Waals surface area contributed by atoms with Crippen LogP contribution >= 0.6 is 11.7 Å². The maximum Gasteiger partial charge on any atom is 0.112 e. The van der Waals surface area contributed by atoms with Gasteiger partial charge in [0.1, 0.15) is 11.0 Å². The minimum atomic E-state index is 0.772. The van der Waals surface area contributed by atoms with E-state index in [-0.39, 0.29) is 0 Å². The van der Waals surface area contributed by atoms with Gasteiger partial charge >= 0.3 is 0 Å². The molecule has 0 saturated heterocycles. The van der Waals surface area contributed by atoms with Gasteiger partial charge in [0.05, 0.1) is 11.7 Å². The highest BCUT2D eigenvalue weighted by molar-refractivity contribution is 7.00. The fourth-order valence-electron chi connectivity index (χ4n) is 1.89. The third kappa shape index (κ3) is 1.66. The summed E-state index contributed by atoms with van der Waals surface area (Å²) in [6, 6.07) is 12.0. The number of fused-ring (bicyclic) bond motifs is 1. The number of rotatable bonds is 1. The van der Waals surface area contributed by atoms with Crippen LogP contribution in [0.5, 0.6) is 0 Å². The van der Waals surface area contributed by atoms with E-state index in [9.17, 15) is 0 Å². The molecule has 17 heavy (non-hydrogen) atoms. The van der Waals surface area contributed by atoms with E-state index in [0.717, 1.165) is 33.4 Å². The molecule has 0 fully saturated rings. The molecule has 0 radical (unpaired) electrons. The lowest BCUT2D eigenvalue weighted by Gasteiger charge is -2.04. The van der Waals surface area contributed by atoms with Crippen LogP contribution in [0.4, 0.5) is 5.69 Å². The van der Waals surface area contributed by atoms with Crippen molar-refractivity contribution < 1.29 is 0 Å². The maximum atomic E-state index is 5.70. The van der Waals surface area contributed by atoms with Crippen molar-refractivity contribution in [3.05, 3.63) is 42.0 Å². The van der Waals surface area contributed by atoms with Gasteiger partial charge < -0.3 is 5.73 Å². The zero-order chi connectivity index (χ0) is 11.8. The molecule has 3 rings (SSSR count). The predicted octanol–water partition coefficient (Wildman–Crippen LogP) is 3.25. The van der Waals surface area contributed by atoms with Crippen molar-refractivity contribution >= 4 is 28.4 Å². The van der Waals surface area contributed by atoms with E-state index in [0.29, 0.717) is 0 Å². The summed E-state index contributed by atoms with van der Waals surface area (Å²) in [5.41, 5.74) is 11.8. The lowest BCUT2D eigenvalue weighted by atomic mass is 10.0. The summed E-state index contributed by atoms with van der Waals surface area (Å²) in [7, 11) is 0. The SMILES string of the molecule is Cc1ccc(-c2ccc(N)cc2)c2nsnc12. The summed E-state index contributed by atoms with van der Waals surface area (Å²) < 4.78 is 8.71. The van der Waals surface area contributed by atoms with Crippen LogP contribution in [0.3, 0.4) is 0 Å². The molecule has 0 aliphatic rings. The molecule has 0 unspecified atom stereocenters. The number of aromatic nitrogens is 2. The second-order valence-corrected chi connectivity index (χ2v) is 4.54. The minimum Gasteiger partial charge on any atom is -0.399 e. The average molecular weight is 241 g/mol. The van der Waals surface area contributed by atoms with Gasteiger partial charge in [-0.05, 0) is 30.2 Å². The standard InChI is InChI=1S/C13H11N3S/c1-8-2-7-11(13-12(8)15-17-16-13)9-3-5-10(14)6-4-9/h2-7H,14H2,1H3. The predicted molar refractivity (Wildman–Crippen MR) is 72.0 cm³/mol. The zero-order valence-corrected chi connectivity index (χ0v) is 10.2. The monoisotopic (exact) mass is 241 g/mol. The molecule has 3 aromatic rings. The second-order valence-electron chi connectivity index (χ2n) is 4.01. The van der Waals surface area contributed by atoms with Crippen molar-refractivity contribution in [3.63, 3.8) is 0 Å². The molecule has 0 bridgehead atoms. The summed E-state index contributed by atoms with van der Waals surface area (Å²) in [6.45, 7) is 2.05. The van der Waals surface area contributed by atoms with E-state index in [2.05, 4.69) is 27.8 Å². The Balaban J connectivity index is 2.27. The fraction of sp³-hybridized carbons (Fsp3) is 0.0769. The van der Waals surface area contributed by atoms with Crippen molar-refractivity contribution in [2.75, 3.05) is 5.73 Å². The molecular formula is C13H11N3S. The Bertz CT molecular complexity index is 671. The number of benzene rings is 2. The van der Waals surface area contributed by atoms with Gasteiger partial charge in [0, 0.05) is 11.3 Å². The van der Waals surface area contributed by atoms with Crippen molar-refractivity contribution in [2.24, 2.45) is 0 Å². The number of aryl methyl sites for hydroxylation is 1. The van der Waals surface area contributed by atoms with Gasteiger partial charge in [0.2, 0.25) is 0 Å². The third-order valence-corrected chi connectivity index (χ3v) is 3.37. The first kappa shape index (κ1) is 10.2. The molecule has 0 amide bonds. The van der Waals surface area contributed by atoms with Gasteiger partial charge in [-0.2, -0.15) is 8.75 Å². The summed E-state index contributed by atoms with van der Waals surface area (Å²) in [5, 5.41) is 0. The smallest absolute Gasteiger partial charge is 0.112 e. The van der Waals surface area contributed by atoms with Gasteiger partial charge in [-0.3, -0.25) is 0 Å². The second kappa shape index (κ2) is 3.82. The first-order chi connectivity index (χ1) is 8.25. The molecule has 0 aliphatic carbocycles. The van der Waals surface area contributed by atoms with Crippen molar-refractivity contribution in [1.82, 2.24) is 8.75 Å². The van der Waals surface area contributed by atoms with E-state index in [4.69, 9.17) is 5.73 Å². The summed E-state index contributed by atoms with van der Waals surface area (Å²) in [5.74, 6) is 0. The molecule has 0 saturated carbocycles. The molecule has 3 nitrogen and oxygen atoms in total. The van der Waals surface area contributed by atoms with Gasteiger partial charge in [-0.1, -0.05) is 24.3 Å². The molecule has 0 aliphatic heterocycles. The van der Waals surface area contributed by atoms with Crippen LogP contribution in [0.25, 0.3) is 22.2 Å². The van der Waals surface area contributed by atoms with Crippen molar-refractivity contribution in [1.29, 1.82) is 0 Å². The quantitative estimate of drug-likeness (QED) is 0.665. The molecule has 0 atom stereocenters. The number of hydrogen-bond donors (Lipinski definition) is 1. The Morgan fingerprint density at radius 3 is 2.41 bits per heavy atom. The Labute approximate surface area is 103 Å². The lowest BCUT2D eigenvalue weighted by Crippen LogP contribution is -1.86. The van der Waals surface area contributed by atoms with E-state index in [1.807, 2.05) is 24.3 Å². The highest BCUT2D eigenvalue weighted by atomic mass is 32.1. The van der Waals surface area contributed by atoms with E-state index < -0.39 is 0 Å². The highest BCUT2D eigenvalue weighted by Gasteiger charge is 2.09. The molecule has 2 N–H and O–H groups in total. The molecule has 1 aromatic heterocycles. The number of anilines is 1. The first-order valence-electron chi connectivity index (χ1n) is 5.33. The van der Waals surface area contributed by atoms with Gasteiger partial charge in [0.25, 0.3) is 0 Å². The number of nitrogen functional groups attached to an aromatic ring is 1. The Hall–Kier alpha value is -1.94. The van der Waals surface area contributed by atoms with E-state index in [1.54, 1.807) is 0 Å². The molecule has 0 spiro atoms. The van der Waals surface area contributed by atoms with Gasteiger partial charge in [-0.25, -0.2) is 0 Å². The van der Waals surface area contributed by atoms with Crippen molar-refractivity contribution in [3.8, 4) is 11.1 Å². The topological polar surface area (TPSA) is 51.8 Å². The van der Waals surface area contributed by atoms with Crippen LogP contribution in [0, 0.1) is 6.92 Å². The maximum absolute atomic E-state index is 5.70. The Kier molecular flexibility index (Phi) is 2.30. The van der Waals surface area contributed by atoms with Crippen LogP contribution in [-0.2, 0) is 0 Å². The first-order valence-corrected chi connectivity index (χ1v) is 6.06. The van der Waals surface area contributed by atoms with Crippen LogP contribution in [-0.4, -0.2) is 8.75 Å². The van der Waals surface area contributed by atoms with Crippen LogP contribution in [0.1, 0.15) is 5.56 Å². The molecule has 1 heterocycles. The third-order valence-electron chi connectivity index (χ3n) is 2.84. The zero-order valence-electron chi connectivity index (χ0n) is 9.34. The largest absolute Gasteiger partial charge is 0.399 e. The lowest BCUT2D eigenvalue weighted by molar-refractivity contribution is 1.48. The summed E-state index contributed by atoms with van der Waals surface area (Å²) >= 11 is 1.25. The molecule has 2 aromatic carbocycles. The van der Waals surface area contributed by atoms with Gasteiger partial charge in [-0.15, -0.1) is 0 Å². The van der Waals surface area contributed by atoms with Crippen LogP contribution in [0.15, 0.2) is 36.4 Å². The van der Waals surface area contributed by atoms with E-state index >= 15 is 0 Å². The fourth-order valence-corrected chi connectivity index (χ4v) is 2.51. The summed E-state index contributed by atoms with van der Waals surface area (Å²) in [6.07, 6.45) is 0. The van der Waals surface area contributed by atoms with E-state index in [1.165, 1.54) is 11.7 Å². The van der Waals surface area contributed by atoms with Crippen molar-refractivity contribution in [2.45, 2.75) is 6.92 Å². The Morgan fingerprint density at radius 2 is 1.65 bits per heavy atom. The summed E-state index contributed by atoms with van der Waals surface area (Å²) in [4.78, 5) is 0. The minimum absolute atomic E-state index is 0.772.